The normalized spacial score (nSPS) is 12.1. The molecule has 1 amide bonds. The van der Waals surface area contributed by atoms with Crippen LogP contribution in [0.3, 0.4) is 0 Å². The van der Waals surface area contributed by atoms with Crippen LogP contribution in [-0.4, -0.2) is 22.8 Å². The van der Waals surface area contributed by atoms with Crippen LogP contribution in [-0.2, 0) is 4.79 Å². The van der Waals surface area contributed by atoms with Crippen molar-refractivity contribution in [2.45, 2.75) is 26.3 Å². The van der Waals surface area contributed by atoms with Crippen molar-refractivity contribution in [2.24, 2.45) is 0 Å². The van der Waals surface area contributed by atoms with Crippen molar-refractivity contribution in [3.63, 3.8) is 0 Å². The topological polar surface area (TPSA) is 33.2 Å². The third kappa shape index (κ3) is 2.55. The molecule has 0 aliphatic rings. The average molecular weight is 192 g/mol. The molecule has 1 rings (SSSR count). The molecule has 1 unspecified atom stereocenters. The standard InChI is InChI=1S/C11H16N2O/c1-3-7-13(9-14)10(2)11-5-4-6-12-8-11/h4-6,8-10H,3,7H2,1-2H3. The molecule has 0 saturated carbocycles. The SMILES string of the molecule is CCCN(C=O)C(C)c1cccnc1. The highest BCUT2D eigenvalue weighted by atomic mass is 16.1. The summed E-state index contributed by atoms with van der Waals surface area (Å²) >= 11 is 0. The molecule has 0 aliphatic heterocycles. The molecule has 0 fully saturated rings. The van der Waals surface area contributed by atoms with Crippen LogP contribution < -0.4 is 0 Å². The van der Waals surface area contributed by atoms with Gasteiger partial charge < -0.3 is 4.90 Å². The predicted molar refractivity (Wildman–Crippen MR) is 55.7 cm³/mol. The van der Waals surface area contributed by atoms with Crippen molar-refractivity contribution < 1.29 is 4.79 Å². The zero-order valence-corrected chi connectivity index (χ0v) is 8.68. The van der Waals surface area contributed by atoms with Gasteiger partial charge in [-0.25, -0.2) is 0 Å². The fourth-order valence-corrected chi connectivity index (χ4v) is 1.41. The number of hydrogen-bond acceptors (Lipinski definition) is 2. The van der Waals surface area contributed by atoms with E-state index in [9.17, 15) is 4.79 Å². The van der Waals surface area contributed by atoms with Crippen LogP contribution in [0.15, 0.2) is 24.5 Å². The van der Waals surface area contributed by atoms with Crippen molar-refractivity contribution in [1.82, 2.24) is 9.88 Å². The smallest absolute Gasteiger partial charge is 0.210 e. The summed E-state index contributed by atoms with van der Waals surface area (Å²) in [6.07, 6.45) is 5.42. The third-order valence-corrected chi connectivity index (χ3v) is 2.28. The second-order valence-electron chi connectivity index (χ2n) is 3.31. The summed E-state index contributed by atoms with van der Waals surface area (Å²) in [5.41, 5.74) is 1.08. The second-order valence-corrected chi connectivity index (χ2v) is 3.31. The summed E-state index contributed by atoms with van der Waals surface area (Å²) in [6.45, 7) is 4.87. The number of amides is 1. The van der Waals surface area contributed by atoms with Gasteiger partial charge in [0.15, 0.2) is 0 Å². The lowest BCUT2D eigenvalue weighted by atomic mass is 10.1. The van der Waals surface area contributed by atoms with Gasteiger partial charge in [0.1, 0.15) is 0 Å². The van der Waals surface area contributed by atoms with E-state index in [1.165, 1.54) is 0 Å². The zero-order chi connectivity index (χ0) is 10.4. The highest BCUT2D eigenvalue weighted by molar-refractivity contribution is 5.48. The van der Waals surface area contributed by atoms with Crippen molar-refractivity contribution in [2.75, 3.05) is 6.54 Å². The van der Waals surface area contributed by atoms with Gasteiger partial charge >= 0.3 is 0 Å². The Hall–Kier alpha value is -1.38. The molecule has 0 aliphatic carbocycles. The van der Waals surface area contributed by atoms with Gasteiger partial charge in [0.2, 0.25) is 6.41 Å². The van der Waals surface area contributed by atoms with Gasteiger partial charge in [-0.3, -0.25) is 9.78 Å². The Kier molecular flexibility index (Phi) is 4.11. The molecule has 3 nitrogen and oxygen atoms in total. The Bertz CT molecular complexity index is 274. The van der Waals surface area contributed by atoms with E-state index in [0.717, 1.165) is 24.9 Å². The van der Waals surface area contributed by atoms with Gasteiger partial charge in [-0.2, -0.15) is 0 Å². The molecular weight excluding hydrogens is 176 g/mol. The maximum Gasteiger partial charge on any atom is 0.210 e. The molecule has 1 aromatic rings. The average Bonchev–Trinajstić information content (AvgIpc) is 2.26. The van der Waals surface area contributed by atoms with E-state index in [0.29, 0.717) is 0 Å². The van der Waals surface area contributed by atoms with Gasteiger partial charge in [0.25, 0.3) is 0 Å². The monoisotopic (exact) mass is 192 g/mol. The van der Waals surface area contributed by atoms with Crippen LogP contribution in [0.1, 0.15) is 31.9 Å². The molecule has 0 N–H and O–H groups in total. The molecule has 1 aromatic heterocycles. The minimum absolute atomic E-state index is 0.112. The first-order valence-electron chi connectivity index (χ1n) is 4.90. The fourth-order valence-electron chi connectivity index (χ4n) is 1.41. The number of aromatic nitrogens is 1. The Morgan fingerprint density at radius 3 is 2.93 bits per heavy atom. The van der Waals surface area contributed by atoms with Gasteiger partial charge in [-0.1, -0.05) is 13.0 Å². The predicted octanol–water partition coefficient (Wildman–Crippen LogP) is 2.01. The summed E-state index contributed by atoms with van der Waals surface area (Å²) in [4.78, 5) is 16.6. The van der Waals surface area contributed by atoms with E-state index in [2.05, 4.69) is 11.9 Å². The molecule has 0 aromatic carbocycles. The van der Waals surface area contributed by atoms with Crippen LogP contribution in [0.5, 0.6) is 0 Å². The maximum atomic E-state index is 10.8. The third-order valence-electron chi connectivity index (χ3n) is 2.28. The Balaban J connectivity index is 2.72. The fraction of sp³-hybridized carbons (Fsp3) is 0.455. The van der Waals surface area contributed by atoms with Crippen LogP contribution in [0.4, 0.5) is 0 Å². The lowest BCUT2D eigenvalue weighted by Crippen LogP contribution is -2.26. The number of carbonyl (C=O) groups excluding carboxylic acids is 1. The maximum absolute atomic E-state index is 10.8. The lowest BCUT2D eigenvalue weighted by Gasteiger charge is -2.24. The van der Waals surface area contributed by atoms with E-state index in [4.69, 9.17) is 0 Å². The molecule has 0 bridgehead atoms. The molecule has 3 heteroatoms. The minimum Gasteiger partial charge on any atom is -0.338 e. The molecule has 0 spiro atoms. The van der Waals surface area contributed by atoms with Crippen LogP contribution in [0.25, 0.3) is 0 Å². The van der Waals surface area contributed by atoms with Gasteiger partial charge in [-0.05, 0) is 25.0 Å². The van der Waals surface area contributed by atoms with Crippen LogP contribution in [0.2, 0.25) is 0 Å². The summed E-state index contributed by atoms with van der Waals surface area (Å²) in [5.74, 6) is 0. The van der Waals surface area contributed by atoms with Crippen molar-refractivity contribution in [3.05, 3.63) is 30.1 Å². The second kappa shape index (κ2) is 5.37. The highest BCUT2D eigenvalue weighted by Crippen LogP contribution is 2.17. The van der Waals surface area contributed by atoms with E-state index < -0.39 is 0 Å². The summed E-state index contributed by atoms with van der Waals surface area (Å²) in [7, 11) is 0. The van der Waals surface area contributed by atoms with Gasteiger partial charge in [0.05, 0.1) is 6.04 Å². The van der Waals surface area contributed by atoms with Crippen molar-refractivity contribution in [3.8, 4) is 0 Å². The molecule has 0 radical (unpaired) electrons. The minimum atomic E-state index is 0.112. The first kappa shape index (κ1) is 10.7. The summed E-state index contributed by atoms with van der Waals surface area (Å²) in [5, 5.41) is 0. The number of nitrogens with zero attached hydrogens (tertiary/aromatic N) is 2. The van der Waals surface area contributed by atoms with Crippen LogP contribution in [0, 0.1) is 0 Å². The molecule has 1 heterocycles. The molecular formula is C11H16N2O. The quantitative estimate of drug-likeness (QED) is 0.669. The number of rotatable bonds is 5. The molecule has 14 heavy (non-hydrogen) atoms. The Labute approximate surface area is 84.8 Å². The van der Waals surface area contributed by atoms with Crippen molar-refractivity contribution in [1.29, 1.82) is 0 Å². The van der Waals surface area contributed by atoms with Gasteiger partial charge in [-0.15, -0.1) is 0 Å². The molecule has 76 valence electrons. The summed E-state index contributed by atoms with van der Waals surface area (Å²) in [6, 6.07) is 3.99. The number of hydrogen-bond donors (Lipinski definition) is 0. The molecule has 1 atom stereocenters. The zero-order valence-electron chi connectivity index (χ0n) is 8.68. The van der Waals surface area contributed by atoms with Crippen LogP contribution >= 0.6 is 0 Å². The van der Waals surface area contributed by atoms with E-state index in [1.807, 2.05) is 19.1 Å². The molecule has 0 saturated heterocycles. The Morgan fingerprint density at radius 2 is 2.43 bits per heavy atom. The highest BCUT2D eigenvalue weighted by Gasteiger charge is 2.12. The van der Waals surface area contributed by atoms with E-state index >= 15 is 0 Å². The summed E-state index contributed by atoms with van der Waals surface area (Å²) < 4.78 is 0. The largest absolute Gasteiger partial charge is 0.338 e. The van der Waals surface area contributed by atoms with Crippen molar-refractivity contribution >= 4 is 6.41 Å². The lowest BCUT2D eigenvalue weighted by molar-refractivity contribution is -0.120. The van der Waals surface area contributed by atoms with Gasteiger partial charge in [0, 0.05) is 18.9 Å². The first-order chi connectivity index (χ1) is 6.79. The number of pyridine rings is 1. The Morgan fingerprint density at radius 1 is 1.64 bits per heavy atom. The van der Waals surface area contributed by atoms with E-state index in [1.54, 1.807) is 17.3 Å². The first-order valence-corrected chi connectivity index (χ1v) is 4.90. The number of carbonyl (C=O) groups is 1. The van der Waals surface area contributed by atoms with E-state index in [-0.39, 0.29) is 6.04 Å².